The van der Waals surface area contributed by atoms with Crippen LogP contribution in [0, 0.1) is 13.8 Å². The van der Waals surface area contributed by atoms with Crippen molar-refractivity contribution in [3.8, 4) is 5.75 Å². The molecule has 1 unspecified atom stereocenters. The fourth-order valence-corrected chi connectivity index (χ4v) is 3.62. The van der Waals surface area contributed by atoms with E-state index >= 15 is 0 Å². The first-order chi connectivity index (χ1) is 15.4. The minimum absolute atomic E-state index is 0.0530. The summed E-state index contributed by atoms with van der Waals surface area (Å²) in [4.78, 5) is 16.1. The number of benzene rings is 1. The number of hydrogen-bond acceptors (Lipinski definition) is 4. The van der Waals surface area contributed by atoms with Gasteiger partial charge in [-0.05, 0) is 69.7 Å². The van der Waals surface area contributed by atoms with Gasteiger partial charge in [0.25, 0.3) is 5.91 Å². The second kappa shape index (κ2) is 11.0. The highest BCUT2D eigenvalue weighted by Gasteiger charge is 2.23. The molecular weight excluding hydrogens is 404 g/mol. The van der Waals surface area contributed by atoms with Gasteiger partial charge in [-0.3, -0.25) is 14.5 Å². The van der Waals surface area contributed by atoms with E-state index in [1.54, 1.807) is 7.05 Å². The second-order valence-corrected chi connectivity index (χ2v) is 8.55. The fraction of sp³-hybridized carbons (Fsp3) is 0.542. The molecule has 3 rings (SSSR count). The Kier molecular flexibility index (Phi) is 8.14. The van der Waals surface area contributed by atoms with E-state index in [0.29, 0.717) is 11.8 Å². The lowest BCUT2D eigenvalue weighted by Crippen LogP contribution is -2.43. The van der Waals surface area contributed by atoms with Crippen molar-refractivity contribution in [2.24, 2.45) is 12.0 Å². The SMILES string of the molecule is CN=C(NCCc1ccc(OCC(=O)NC2CC2)cc1)NC(C)Cc1c(C)nn(C)c1C. The van der Waals surface area contributed by atoms with Gasteiger partial charge in [-0.15, -0.1) is 0 Å². The molecule has 1 aliphatic carbocycles. The molecule has 0 radical (unpaired) electrons. The maximum atomic E-state index is 11.7. The zero-order valence-electron chi connectivity index (χ0n) is 19.9. The van der Waals surface area contributed by atoms with E-state index in [9.17, 15) is 4.79 Å². The summed E-state index contributed by atoms with van der Waals surface area (Å²) in [6, 6.07) is 8.47. The van der Waals surface area contributed by atoms with Crippen LogP contribution in [0.25, 0.3) is 0 Å². The monoisotopic (exact) mass is 440 g/mol. The molecule has 32 heavy (non-hydrogen) atoms. The van der Waals surface area contributed by atoms with Crippen LogP contribution in [0.5, 0.6) is 5.75 Å². The first-order valence-corrected chi connectivity index (χ1v) is 11.3. The Morgan fingerprint density at radius 3 is 2.59 bits per heavy atom. The molecule has 0 saturated heterocycles. The van der Waals surface area contributed by atoms with E-state index in [-0.39, 0.29) is 18.6 Å². The Balaban J connectivity index is 1.38. The number of guanidine groups is 1. The molecule has 0 aliphatic heterocycles. The summed E-state index contributed by atoms with van der Waals surface area (Å²) in [7, 11) is 3.77. The zero-order chi connectivity index (χ0) is 23.1. The number of aliphatic imine (C=N–C) groups is 1. The molecule has 1 amide bonds. The summed E-state index contributed by atoms with van der Waals surface area (Å²) in [6.45, 7) is 7.15. The van der Waals surface area contributed by atoms with Crippen LogP contribution in [0.4, 0.5) is 0 Å². The van der Waals surface area contributed by atoms with Crippen LogP contribution in [0.1, 0.15) is 42.3 Å². The van der Waals surface area contributed by atoms with E-state index in [1.165, 1.54) is 16.8 Å². The highest BCUT2D eigenvalue weighted by atomic mass is 16.5. The molecule has 1 aromatic carbocycles. The van der Waals surface area contributed by atoms with E-state index < -0.39 is 0 Å². The Morgan fingerprint density at radius 1 is 1.28 bits per heavy atom. The van der Waals surface area contributed by atoms with Crippen molar-refractivity contribution in [3.63, 3.8) is 0 Å². The molecule has 1 aromatic heterocycles. The molecule has 3 N–H and O–H groups in total. The third kappa shape index (κ3) is 7.00. The van der Waals surface area contributed by atoms with Gasteiger partial charge in [-0.1, -0.05) is 12.1 Å². The Labute approximate surface area is 190 Å². The minimum atomic E-state index is -0.0530. The molecule has 1 aliphatic rings. The normalized spacial score (nSPS) is 14.7. The van der Waals surface area contributed by atoms with Gasteiger partial charge in [0.1, 0.15) is 5.75 Å². The number of aryl methyl sites for hydroxylation is 2. The molecular formula is C24H36N6O2. The average molecular weight is 441 g/mol. The molecule has 0 spiro atoms. The van der Waals surface area contributed by atoms with Crippen molar-refractivity contribution < 1.29 is 9.53 Å². The number of carbonyl (C=O) groups excluding carboxylic acids is 1. The van der Waals surface area contributed by atoms with Crippen LogP contribution in [0.2, 0.25) is 0 Å². The van der Waals surface area contributed by atoms with Gasteiger partial charge in [0, 0.05) is 38.4 Å². The molecule has 2 aromatic rings. The number of hydrogen-bond donors (Lipinski definition) is 3. The molecule has 0 bridgehead atoms. The van der Waals surface area contributed by atoms with Gasteiger partial charge < -0.3 is 20.7 Å². The van der Waals surface area contributed by atoms with Crippen LogP contribution in [-0.2, 0) is 24.7 Å². The number of nitrogens with zero attached hydrogens (tertiary/aromatic N) is 3. The van der Waals surface area contributed by atoms with Crippen molar-refractivity contribution in [1.82, 2.24) is 25.7 Å². The predicted octanol–water partition coefficient (Wildman–Crippen LogP) is 2.03. The zero-order valence-corrected chi connectivity index (χ0v) is 19.9. The fourth-order valence-electron chi connectivity index (χ4n) is 3.62. The minimum Gasteiger partial charge on any atom is -0.484 e. The summed E-state index contributed by atoms with van der Waals surface area (Å²) < 4.78 is 7.49. The molecule has 1 atom stereocenters. The molecule has 1 heterocycles. The smallest absolute Gasteiger partial charge is 0.258 e. The van der Waals surface area contributed by atoms with Crippen LogP contribution in [-0.4, -0.2) is 53.9 Å². The number of ether oxygens (including phenoxy) is 1. The number of rotatable bonds is 10. The van der Waals surface area contributed by atoms with Gasteiger partial charge in [0.2, 0.25) is 0 Å². The maximum absolute atomic E-state index is 11.7. The van der Waals surface area contributed by atoms with E-state index in [1.807, 2.05) is 36.0 Å². The third-order valence-electron chi connectivity index (χ3n) is 5.72. The predicted molar refractivity (Wildman–Crippen MR) is 127 cm³/mol. The molecule has 8 nitrogen and oxygen atoms in total. The number of nitrogens with one attached hydrogen (secondary N) is 3. The molecule has 1 fully saturated rings. The van der Waals surface area contributed by atoms with Gasteiger partial charge >= 0.3 is 0 Å². The highest BCUT2D eigenvalue weighted by Crippen LogP contribution is 2.18. The topological polar surface area (TPSA) is 92.6 Å². The van der Waals surface area contributed by atoms with Gasteiger partial charge in [-0.2, -0.15) is 5.10 Å². The molecule has 1 saturated carbocycles. The first kappa shape index (κ1) is 23.6. The van der Waals surface area contributed by atoms with Gasteiger partial charge in [0.05, 0.1) is 5.69 Å². The van der Waals surface area contributed by atoms with Crippen LogP contribution in [0.15, 0.2) is 29.3 Å². The van der Waals surface area contributed by atoms with Gasteiger partial charge in [0.15, 0.2) is 12.6 Å². The lowest BCUT2D eigenvalue weighted by molar-refractivity contribution is -0.123. The van der Waals surface area contributed by atoms with Crippen molar-refractivity contribution in [2.45, 2.75) is 58.5 Å². The maximum Gasteiger partial charge on any atom is 0.258 e. The lowest BCUT2D eigenvalue weighted by Gasteiger charge is -2.18. The van der Waals surface area contributed by atoms with Gasteiger partial charge in [-0.25, -0.2) is 0 Å². The Morgan fingerprint density at radius 2 is 2.00 bits per heavy atom. The molecule has 174 valence electrons. The Bertz CT molecular complexity index is 931. The quantitative estimate of drug-likeness (QED) is 0.388. The average Bonchev–Trinajstić information content (AvgIpc) is 3.55. The standard InChI is InChI=1S/C24H36N6O2/c1-16(14-22-17(2)29-30(5)18(22)3)27-24(25-4)26-13-12-19-6-10-21(11-7-19)32-15-23(31)28-20-8-9-20/h6-7,10-11,16,20H,8-9,12-15H2,1-5H3,(H,28,31)(H2,25,26,27). The largest absolute Gasteiger partial charge is 0.484 e. The van der Waals surface area contributed by atoms with Crippen LogP contribution < -0.4 is 20.7 Å². The molecule has 8 heteroatoms. The van der Waals surface area contributed by atoms with E-state index in [2.05, 4.69) is 46.8 Å². The summed E-state index contributed by atoms with van der Waals surface area (Å²) in [5.74, 6) is 1.45. The van der Waals surface area contributed by atoms with Crippen molar-refractivity contribution in [1.29, 1.82) is 0 Å². The Hall–Kier alpha value is -3.03. The lowest BCUT2D eigenvalue weighted by atomic mass is 10.1. The van der Waals surface area contributed by atoms with Crippen LogP contribution >= 0.6 is 0 Å². The van der Waals surface area contributed by atoms with Crippen molar-refractivity contribution >= 4 is 11.9 Å². The summed E-state index contributed by atoms with van der Waals surface area (Å²) in [5.41, 5.74) is 4.76. The summed E-state index contributed by atoms with van der Waals surface area (Å²) in [6.07, 6.45) is 3.92. The number of carbonyl (C=O) groups is 1. The number of amides is 1. The van der Waals surface area contributed by atoms with Crippen molar-refractivity contribution in [2.75, 3.05) is 20.2 Å². The van der Waals surface area contributed by atoms with E-state index in [0.717, 1.165) is 43.9 Å². The third-order valence-corrected chi connectivity index (χ3v) is 5.72. The van der Waals surface area contributed by atoms with E-state index in [4.69, 9.17) is 4.74 Å². The van der Waals surface area contributed by atoms with Crippen molar-refractivity contribution in [3.05, 3.63) is 46.8 Å². The number of aromatic nitrogens is 2. The first-order valence-electron chi connectivity index (χ1n) is 11.3. The van der Waals surface area contributed by atoms with Crippen LogP contribution in [0.3, 0.4) is 0 Å². The second-order valence-electron chi connectivity index (χ2n) is 8.55. The summed E-state index contributed by atoms with van der Waals surface area (Å²) >= 11 is 0. The summed E-state index contributed by atoms with van der Waals surface area (Å²) in [5, 5.41) is 14.3. The highest BCUT2D eigenvalue weighted by molar-refractivity contribution is 5.80.